The highest BCUT2D eigenvalue weighted by Gasteiger charge is 2.19. The van der Waals surface area contributed by atoms with Crippen molar-refractivity contribution in [3.05, 3.63) is 62.4 Å². The van der Waals surface area contributed by atoms with E-state index in [1.165, 1.54) is 18.7 Å². The molecular weight excluding hydrogens is 360 g/mol. The fraction of sp³-hybridized carbons (Fsp3) is 0.300. The average Bonchev–Trinajstić information content (AvgIpc) is 2.71. The Morgan fingerprint density at radius 2 is 1.96 bits per heavy atom. The summed E-state index contributed by atoms with van der Waals surface area (Å²) in [7, 11) is 4.48. The lowest BCUT2D eigenvalue weighted by Crippen LogP contribution is -2.38. The third kappa shape index (κ3) is 3.28. The number of pyridine rings is 1. The van der Waals surface area contributed by atoms with E-state index in [1.54, 1.807) is 37.5 Å². The van der Waals surface area contributed by atoms with Crippen LogP contribution in [0.3, 0.4) is 0 Å². The largest absolute Gasteiger partial charge is 0.497 e. The Morgan fingerprint density at radius 1 is 1.21 bits per heavy atom. The number of methoxy groups -OCH3 is 1. The first-order valence-electron chi connectivity index (χ1n) is 8.92. The zero-order chi connectivity index (χ0) is 20.4. The maximum atomic E-state index is 12.9. The van der Waals surface area contributed by atoms with Gasteiger partial charge in [0.05, 0.1) is 12.8 Å². The van der Waals surface area contributed by atoms with Crippen LogP contribution in [-0.2, 0) is 20.5 Å². The second-order valence-electron chi connectivity index (χ2n) is 6.50. The Morgan fingerprint density at radius 3 is 2.64 bits per heavy atom. The lowest BCUT2D eigenvalue weighted by Gasteiger charge is -2.15. The van der Waals surface area contributed by atoms with E-state index in [4.69, 9.17) is 4.74 Å². The van der Waals surface area contributed by atoms with E-state index < -0.39 is 11.2 Å². The molecule has 0 aliphatic rings. The Bertz CT molecular complexity index is 1180. The van der Waals surface area contributed by atoms with Crippen LogP contribution in [0.4, 0.5) is 5.69 Å². The molecule has 3 aromatic rings. The maximum absolute atomic E-state index is 12.9. The molecule has 3 rings (SSSR count). The van der Waals surface area contributed by atoms with Gasteiger partial charge in [0.25, 0.3) is 11.5 Å². The SMILES string of the molecule is CCCc1cnc2c(c1NC(=O)c1cccc(OC)c1)c(=O)n(C)c(=O)n2C. The third-order valence-corrected chi connectivity index (χ3v) is 4.64. The molecule has 8 nitrogen and oxygen atoms in total. The molecule has 0 saturated heterocycles. The number of hydrogen-bond acceptors (Lipinski definition) is 5. The van der Waals surface area contributed by atoms with Crippen molar-refractivity contribution in [1.29, 1.82) is 0 Å². The number of nitrogens with one attached hydrogen (secondary N) is 1. The second kappa shape index (κ2) is 7.67. The molecule has 146 valence electrons. The number of anilines is 1. The predicted molar refractivity (Wildman–Crippen MR) is 107 cm³/mol. The number of aryl methyl sites for hydroxylation is 2. The minimum atomic E-state index is -0.496. The van der Waals surface area contributed by atoms with Gasteiger partial charge in [0.15, 0.2) is 5.65 Å². The van der Waals surface area contributed by atoms with Crippen LogP contribution in [0.25, 0.3) is 11.0 Å². The minimum absolute atomic E-state index is 0.215. The molecule has 1 N–H and O–H groups in total. The van der Waals surface area contributed by atoms with Crippen molar-refractivity contribution >= 4 is 22.6 Å². The second-order valence-corrected chi connectivity index (χ2v) is 6.50. The smallest absolute Gasteiger partial charge is 0.332 e. The Hall–Kier alpha value is -3.42. The van der Waals surface area contributed by atoms with Gasteiger partial charge in [0, 0.05) is 25.9 Å². The fourth-order valence-electron chi connectivity index (χ4n) is 3.12. The van der Waals surface area contributed by atoms with Crippen LogP contribution < -0.4 is 21.3 Å². The first-order chi connectivity index (χ1) is 13.4. The zero-order valence-corrected chi connectivity index (χ0v) is 16.3. The van der Waals surface area contributed by atoms with Crippen LogP contribution in [0, 0.1) is 0 Å². The molecule has 2 heterocycles. The van der Waals surface area contributed by atoms with Gasteiger partial charge in [-0.3, -0.25) is 18.7 Å². The molecule has 28 heavy (non-hydrogen) atoms. The molecule has 0 spiro atoms. The fourth-order valence-corrected chi connectivity index (χ4v) is 3.12. The molecule has 0 bridgehead atoms. The highest BCUT2D eigenvalue weighted by Crippen LogP contribution is 2.25. The van der Waals surface area contributed by atoms with E-state index in [1.807, 2.05) is 6.92 Å². The quantitative estimate of drug-likeness (QED) is 0.727. The summed E-state index contributed by atoms with van der Waals surface area (Å²) in [5.74, 6) is 0.180. The van der Waals surface area contributed by atoms with E-state index >= 15 is 0 Å². The van der Waals surface area contributed by atoms with Gasteiger partial charge in [-0.2, -0.15) is 0 Å². The molecule has 1 amide bonds. The number of carbonyl (C=O) groups excluding carboxylic acids is 1. The molecule has 0 aliphatic heterocycles. The van der Waals surface area contributed by atoms with Gasteiger partial charge < -0.3 is 10.1 Å². The summed E-state index contributed by atoms with van der Waals surface area (Å²) < 4.78 is 7.48. The Kier molecular flexibility index (Phi) is 5.30. The summed E-state index contributed by atoms with van der Waals surface area (Å²) >= 11 is 0. The van der Waals surface area contributed by atoms with Gasteiger partial charge in [-0.05, 0) is 30.2 Å². The Balaban J connectivity index is 2.22. The van der Waals surface area contributed by atoms with Crippen LogP contribution in [0.1, 0.15) is 29.3 Å². The number of rotatable bonds is 5. The van der Waals surface area contributed by atoms with Gasteiger partial charge in [0.2, 0.25) is 0 Å². The van der Waals surface area contributed by atoms with Gasteiger partial charge >= 0.3 is 5.69 Å². The highest BCUT2D eigenvalue weighted by molar-refractivity contribution is 6.09. The van der Waals surface area contributed by atoms with Gasteiger partial charge in [-0.25, -0.2) is 9.78 Å². The lowest BCUT2D eigenvalue weighted by atomic mass is 10.1. The third-order valence-electron chi connectivity index (χ3n) is 4.64. The van der Waals surface area contributed by atoms with E-state index in [0.29, 0.717) is 23.4 Å². The molecule has 0 fully saturated rings. The number of ether oxygens (including phenoxy) is 1. The summed E-state index contributed by atoms with van der Waals surface area (Å²) in [5, 5.41) is 3.07. The van der Waals surface area contributed by atoms with Crippen LogP contribution >= 0.6 is 0 Å². The van der Waals surface area contributed by atoms with Crippen molar-refractivity contribution in [2.45, 2.75) is 19.8 Å². The summed E-state index contributed by atoms with van der Waals surface area (Å²) in [6, 6.07) is 6.74. The molecule has 0 saturated carbocycles. The first-order valence-corrected chi connectivity index (χ1v) is 8.92. The number of nitrogens with zero attached hydrogens (tertiary/aromatic N) is 3. The summed E-state index contributed by atoms with van der Waals surface area (Å²) in [6.45, 7) is 2.00. The molecule has 0 radical (unpaired) electrons. The van der Waals surface area contributed by atoms with Crippen molar-refractivity contribution in [2.24, 2.45) is 14.1 Å². The number of carbonyl (C=O) groups is 1. The van der Waals surface area contributed by atoms with Gasteiger partial charge in [0.1, 0.15) is 11.1 Å². The first kappa shape index (κ1) is 19.3. The number of amides is 1. The minimum Gasteiger partial charge on any atom is -0.497 e. The van der Waals surface area contributed by atoms with Crippen molar-refractivity contribution in [3.63, 3.8) is 0 Å². The summed E-state index contributed by atoms with van der Waals surface area (Å²) in [5.41, 5.74) is 0.781. The molecule has 1 aromatic carbocycles. The molecular formula is C20H22N4O4. The van der Waals surface area contributed by atoms with E-state index in [0.717, 1.165) is 16.6 Å². The van der Waals surface area contributed by atoms with Crippen molar-refractivity contribution in [2.75, 3.05) is 12.4 Å². The van der Waals surface area contributed by atoms with E-state index in [9.17, 15) is 14.4 Å². The molecule has 0 aliphatic carbocycles. The van der Waals surface area contributed by atoms with E-state index in [2.05, 4.69) is 10.3 Å². The number of aromatic nitrogens is 3. The molecule has 2 aromatic heterocycles. The summed E-state index contributed by atoms with van der Waals surface area (Å²) in [6.07, 6.45) is 3.04. The standard InChI is InChI=1S/C20H22N4O4/c1-5-7-13-11-21-17-15(19(26)24(3)20(27)23(17)2)16(13)22-18(25)12-8-6-9-14(10-12)28-4/h6,8-11H,5,7H2,1-4H3,(H,21,22,25). The Labute approximate surface area is 161 Å². The average molecular weight is 382 g/mol. The van der Waals surface area contributed by atoms with Crippen molar-refractivity contribution in [1.82, 2.24) is 14.1 Å². The molecule has 0 atom stereocenters. The zero-order valence-electron chi connectivity index (χ0n) is 16.3. The summed E-state index contributed by atoms with van der Waals surface area (Å²) in [4.78, 5) is 42.2. The lowest BCUT2D eigenvalue weighted by molar-refractivity contribution is 0.102. The van der Waals surface area contributed by atoms with Gasteiger partial charge in [-0.15, -0.1) is 0 Å². The normalized spacial score (nSPS) is 10.9. The monoisotopic (exact) mass is 382 g/mol. The van der Waals surface area contributed by atoms with Crippen LogP contribution in [0.2, 0.25) is 0 Å². The predicted octanol–water partition coefficient (Wildman–Crippen LogP) is 1.85. The van der Waals surface area contributed by atoms with Crippen LogP contribution in [0.15, 0.2) is 40.1 Å². The molecule has 0 unspecified atom stereocenters. The van der Waals surface area contributed by atoms with Crippen molar-refractivity contribution in [3.8, 4) is 5.75 Å². The maximum Gasteiger partial charge on any atom is 0.332 e. The topological polar surface area (TPSA) is 95.2 Å². The van der Waals surface area contributed by atoms with Crippen LogP contribution in [-0.4, -0.2) is 27.1 Å². The number of fused-ring (bicyclic) bond motifs is 1. The van der Waals surface area contributed by atoms with Crippen molar-refractivity contribution < 1.29 is 9.53 Å². The highest BCUT2D eigenvalue weighted by atomic mass is 16.5. The van der Waals surface area contributed by atoms with E-state index in [-0.39, 0.29) is 16.9 Å². The van der Waals surface area contributed by atoms with Gasteiger partial charge in [-0.1, -0.05) is 19.4 Å². The van der Waals surface area contributed by atoms with Crippen LogP contribution in [0.5, 0.6) is 5.75 Å². The molecule has 8 heteroatoms. The number of benzene rings is 1. The number of hydrogen-bond donors (Lipinski definition) is 1.